The van der Waals surface area contributed by atoms with Crippen molar-refractivity contribution in [2.75, 3.05) is 19.6 Å². The van der Waals surface area contributed by atoms with Crippen LogP contribution in [0.2, 0.25) is 0 Å². The Morgan fingerprint density at radius 3 is 2.69 bits per heavy atom. The molecular formula is C11H15N3O2. The first kappa shape index (κ1) is 10.9. The molecule has 5 heteroatoms. The van der Waals surface area contributed by atoms with E-state index in [-0.39, 0.29) is 17.5 Å². The first-order valence-electron chi connectivity index (χ1n) is 5.43. The van der Waals surface area contributed by atoms with E-state index in [2.05, 4.69) is 10.3 Å². The first-order valence-corrected chi connectivity index (χ1v) is 5.43. The van der Waals surface area contributed by atoms with E-state index in [1.54, 1.807) is 6.07 Å². The van der Waals surface area contributed by atoms with Gasteiger partial charge in [0.2, 0.25) is 5.56 Å². The molecule has 0 radical (unpaired) electrons. The van der Waals surface area contributed by atoms with Crippen LogP contribution < -0.4 is 10.9 Å². The molecule has 1 aliphatic heterocycles. The number of carbonyl (C=O) groups excluding carboxylic acids is 1. The van der Waals surface area contributed by atoms with Crippen LogP contribution in [0.3, 0.4) is 0 Å². The molecule has 1 fully saturated rings. The van der Waals surface area contributed by atoms with Gasteiger partial charge in [0.05, 0.1) is 11.6 Å². The second-order valence-corrected chi connectivity index (χ2v) is 3.84. The third-order valence-corrected chi connectivity index (χ3v) is 2.83. The second kappa shape index (κ2) is 4.49. The zero-order valence-electron chi connectivity index (χ0n) is 9.19. The number of aromatic nitrogens is 1. The van der Waals surface area contributed by atoms with Gasteiger partial charge in [0.25, 0.3) is 5.91 Å². The Morgan fingerprint density at radius 2 is 2.25 bits per heavy atom. The van der Waals surface area contributed by atoms with Gasteiger partial charge in [-0.25, -0.2) is 0 Å². The maximum Gasteiger partial charge on any atom is 0.255 e. The molecular weight excluding hydrogens is 206 g/mol. The molecule has 0 saturated carbocycles. The number of carbonyl (C=O) groups is 1. The average molecular weight is 221 g/mol. The average Bonchev–Trinajstić information content (AvgIpc) is 2.23. The normalized spacial score (nSPS) is 15.6. The minimum absolute atomic E-state index is 0.0229. The van der Waals surface area contributed by atoms with Crippen molar-refractivity contribution in [3.05, 3.63) is 34.2 Å². The number of hydrogen-bond acceptors (Lipinski definition) is 3. The predicted octanol–water partition coefficient (Wildman–Crippen LogP) is -0.191. The summed E-state index contributed by atoms with van der Waals surface area (Å²) < 4.78 is 0. The minimum Gasteiger partial charge on any atom is -0.333 e. The van der Waals surface area contributed by atoms with E-state index in [0.717, 1.165) is 13.1 Å². The number of pyridine rings is 1. The summed E-state index contributed by atoms with van der Waals surface area (Å²) in [5.41, 5.74) is 0.346. The number of nitrogens with zero attached hydrogens (tertiary/aromatic N) is 1. The van der Waals surface area contributed by atoms with Crippen LogP contribution in [-0.4, -0.2) is 41.5 Å². The number of aromatic amines is 1. The van der Waals surface area contributed by atoms with Crippen molar-refractivity contribution < 1.29 is 4.79 Å². The molecule has 0 atom stereocenters. The summed E-state index contributed by atoms with van der Waals surface area (Å²) in [6, 6.07) is 3.22. The van der Waals surface area contributed by atoms with Crippen LogP contribution in [0.25, 0.3) is 0 Å². The number of H-pyrrole nitrogens is 1. The predicted molar refractivity (Wildman–Crippen MR) is 60.4 cm³/mol. The van der Waals surface area contributed by atoms with Crippen molar-refractivity contribution in [3.63, 3.8) is 0 Å². The zero-order valence-corrected chi connectivity index (χ0v) is 9.19. The molecule has 86 valence electrons. The SMILES string of the molecule is CCN(C(=O)c1ccc(=O)[nH]c1)C1CNC1. The maximum atomic E-state index is 12.1. The van der Waals surface area contributed by atoms with Crippen LogP contribution in [0.5, 0.6) is 0 Å². The monoisotopic (exact) mass is 221 g/mol. The molecule has 5 nitrogen and oxygen atoms in total. The molecule has 1 aromatic heterocycles. The minimum atomic E-state index is -0.190. The van der Waals surface area contributed by atoms with Crippen molar-refractivity contribution in [1.82, 2.24) is 15.2 Å². The molecule has 1 saturated heterocycles. The van der Waals surface area contributed by atoms with E-state index in [1.165, 1.54) is 12.3 Å². The summed E-state index contributed by atoms with van der Waals surface area (Å²) >= 11 is 0. The van der Waals surface area contributed by atoms with Crippen LogP contribution in [0.15, 0.2) is 23.1 Å². The molecule has 1 aromatic rings. The van der Waals surface area contributed by atoms with Gasteiger partial charge in [0.15, 0.2) is 0 Å². The number of likely N-dealkylation sites (N-methyl/N-ethyl adjacent to an activating group) is 1. The molecule has 1 aliphatic rings. The van der Waals surface area contributed by atoms with Crippen molar-refractivity contribution >= 4 is 5.91 Å². The quantitative estimate of drug-likeness (QED) is 0.743. The highest BCUT2D eigenvalue weighted by Crippen LogP contribution is 2.09. The van der Waals surface area contributed by atoms with Gasteiger partial charge in [-0.05, 0) is 13.0 Å². The standard InChI is InChI=1S/C11H15N3O2/c1-2-14(9-6-12-7-9)11(16)8-3-4-10(15)13-5-8/h3-5,9,12H,2,6-7H2,1H3,(H,13,15). The van der Waals surface area contributed by atoms with Crippen LogP contribution in [-0.2, 0) is 0 Å². The Kier molecular flexibility index (Phi) is 3.05. The molecule has 1 amide bonds. The van der Waals surface area contributed by atoms with Crippen LogP contribution in [0.4, 0.5) is 0 Å². The van der Waals surface area contributed by atoms with Gasteiger partial charge in [-0.1, -0.05) is 0 Å². The fourth-order valence-electron chi connectivity index (χ4n) is 1.77. The highest BCUT2D eigenvalue weighted by molar-refractivity contribution is 5.94. The molecule has 2 N–H and O–H groups in total. The molecule has 16 heavy (non-hydrogen) atoms. The Hall–Kier alpha value is -1.62. The van der Waals surface area contributed by atoms with Crippen molar-refractivity contribution in [1.29, 1.82) is 0 Å². The van der Waals surface area contributed by atoms with Gasteiger partial charge < -0.3 is 15.2 Å². The van der Waals surface area contributed by atoms with E-state index in [0.29, 0.717) is 12.1 Å². The van der Waals surface area contributed by atoms with Crippen LogP contribution in [0, 0.1) is 0 Å². The van der Waals surface area contributed by atoms with Gasteiger partial charge in [-0.3, -0.25) is 9.59 Å². The van der Waals surface area contributed by atoms with E-state index in [9.17, 15) is 9.59 Å². The number of hydrogen-bond donors (Lipinski definition) is 2. The fraction of sp³-hybridized carbons (Fsp3) is 0.455. The molecule has 0 aliphatic carbocycles. The van der Waals surface area contributed by atoms with Crippen molar-refractivity contribution in [2.45, 2.75) is 13.0 Å². The van der Waals surface area contributed by atoms with Crippen LogP contribution >= 0.6 is 0 Å². The van der Waals surface area contributed by atoms with Crippen molar-refractivity contribution in [2.24, 2.45) is 0 Å². The van der Waals surface area contributed by atoms with Gasteiger partial charge in [0, 0.05) is 31.9 Å². The summed E-state index contributed by atoms with van der Waals surface area (Å²) in [4.78, 5) is 27.3. The smallest absolute Gasteiger partial charge is 0.255 e. The van der Waals surface area contributed by atoms with Gasteiger partial charge in [-0.2, -0.15) is 0 Å². The summed E-state index contributed by atoms with van der Waals surface area (Å²) in [7, 11) is 0. The van der Waals surface area contributed by atoms with Crippen molar-refractivity contribution in [3.8, 4) is 0 Å². The Balaban J connectivity index is 2.15. The number of amides is 1. The third kappa shape index (κ3) is 1.99. The summed E-state index contributed by atoms with van der Waals surface area (Å²) in [5.74, 6) is -0.0229. The fourth-order valence-corrected chi connectivity index (χ4v) is 1.77. The van der Waals surface area contributed by atoms with Gasteiger partial charge >= 0.3 is 0 Å². The number of nitrogens with one attached hydrogen (secondary N) is 2. The third-order valence-electron chi connectivity index (χ3n) is 2.83. The molecule has 0 aromatic carbocycles. The highest BCUT2D eigenvalue weighted by atomic mass is 16.2. The van der Waals surface area contributed by atoms with E-state index in [4.69, 9.17) is 0 Å². The Labute approximate surface area is 93.5 Å². The van der Waals surface area contributed by atoms with Crippen LogP contribution in [0.1, 0.15) is 17.3 Å². The van der Waals surface area contributed by atoms with E-state index in [1.807, 2.05) is 11.8 Å². The van der Waals surface area contributed by atoms with Gasteiger partial charge in [-0.15, -0.1) is 0 Å². The molecule has 2 rings (SSSR count). The second-order valence-electron chi connectivity index (χ2n) is 3.84. The Morgan fingerprint density at radius 1 is 1.50 bits per heavy atom. The molecule has 0 spiro atoms. The maximum absolute atomic E-state index is 12.1. The molecule has 0 unspecified atom stereocenters. The largest absolute Gasteiger partial charge is 0.333 e. The lowest BCUT2D eigenvalue weighted by Gasteiger charge is -2.37. The molecule has 2 heterocycles. The zero-order chi connectivity index (χ0) is 11.5. The first-order chi connectivity index (χ1) is 7.72. The Bertz CT molecular complexity index is 417. The van der Waals surface area contributed by atoms with Gasteiger partial charge in [0.1, 0.15) is 0 Å². The lowest BCUT2D eigenvalue weighted by molar-refractivity contribution is 0.0630. The topological polar surface area (TPSA) is 65.2 Å². The highest BCUT2D eigenvalue weighted by Gasteiger charge is 2.27. The number of rotatable bonds is 3. The summed E-state index contributed by atoms with van der Waals surface area (Å²) in [6.45, 7) is 4.35. The van der Waals surface area contributed by atoms with E-state index < -0.39 is 0 Å². The van der Waals surface area contributed by atoms with E-state index >= 15 is 0 Å². The lowest BCUT2D eigenvalue weighted by Crippen LogP contribution is -2.58. The summed E-state index contributed by atoms with van der Waals surface area (Å²) in [6.07, 6.45) is 1.47. The summed E-state index contributed by atoms with van der Waals surface area (Å²) in [5, 5.41) is 3.14. The molecule has 0 bridgehead atoms. The lowest BCUT2D eigenvalue weighted by atomic mass is 10.1.